The first-order chi connectivity index (χ1) is 9.15. The number of fused-ring (bicyclic) bond motifs is 1. The topological polar surface area (TPSA) is 68.0 Å². The Morgan fingerprint density at radius 1 is 1.32 bits per heavy atom. The normalized spacial score (nSPS) is 10.8. The van der Waals surface area contributed by atoms with Crippen LogP contribution in [0.1, 0.15) is 16.1 Å². The summed E-state index contributed by atoms with van der Waals surface area (Å²) in [5.41, 5.74) is 1.01. The van der Waals surface area contributed by atoms with E-state index in [4.69, 9.17) is 5.11 Å². The summed E-state index contributed by atoms with van der Waals surface area (Å²) in [5.74, 6) is -0.514. The monoisotopic (exact) mass is 253 g/mol. The van der Waals surface area contributed by atoms with Crippen molar-refractivity contribution in [2.45, 2.75) is 6.92 Å². The van der Waals surface area contributed by atoms with Gasteiger partial charge in [0.05, 0.1) is 6.20 Å². The zero-order valence-corrected chi connectivity index (χ0v) is 10.2. The maximum absolute atomic E-state index is 11.1. The van der Waals surface area contributed by atoms with Crippen LogP contribution in [-0.2, 0) is 0 Å². The standard InChI is InChI=1S/C14H11N3O2/c1-9-7-15-17(8-9)13-11-5-3-2-4-10(11)6-12(16-13)14(18)19/h2-8H,1H3,(H,18,19). The van der Waals surface area contributed by atoms with E-state index in [2.05, 4.69) is 10.1 Å². The molecule has 2 aromatic heterocycles. The van der Waals surface area contributed by atoms with Gasteiger partial charge in [-0.2, -0.15) is 5.10 Å². The van der Waals surface area contributed by atoms with E-state index in [1.807, 2.05) is 37.4 Å². The molecule has 3 aromatic rings. The van der Waals surface area contributed by atoms with Crippen molar-refractivity contribution >= 4 is 16.7 Å². The molecule has 0 bridgehead atoms. The smallest absolute Gasteiger partial charge is 0.354 e. The summed E-state index contributed by atoms with van der Waals surface area (Å²) in [6.45, 7) is 1.92. The molecule has 0 radical (unpaired) electrons. The molecule has 5 nitrogen and oxygen atoms in total. The van der Waals surface area contributed by atoms with Crippen molar-refractivity contribution < 1.29 is 9.90 Å². The van der Waals surface area contributed by atoms with Gasteiger partial charge < -0.3 is 5.11 Å². The first-order valence-electron chi connectivity index (χ1n) is 5.80. The Bertz CT molecular complexity index is 777. The minimum Gasteiger partial charge on any atom is -0.477 e. The second-order valence-corrected chi connectivity index (χ2v) is 4.32. The number of carboxylic acid groups (broad SMARTS) is 1. The second-order valence-electron chi connectivity index (χ2n) is 4.32. The lowest BCUT2D eigenvalue weighted by molar-refractivity contribution is 0.0690. The Hall–Kier alpha value is -2.69. The van der Waals surface area contributed by atoms with Crippen LogP contribution in [0.15, 0.2) is 42.7 Å². The minimum absolute atomic E-state index is 0.0156. The molecule has 0 aliphatic rings. The summed E-state index contributed by atoms with van der Waals surface area (Å²) in [6, 6.07) is 9.09. The van der Waals surface area contributed by atoms with Crippen LogP contribution < -0.4 is 0 Å². The molecule has 94 valence electrons. The fraction of sp³-hybridized carbons (Fsp3) is 0.0714. The number of aryl methyl sites for hydroxylation is 1. The third-order valence-electron chi connectivity index (χ3n) is 2.87. The lowest BCUT2D eigenvalue weighted by atomic mass is 10.1. The third kappa shape index (κ3) is 1.95. The number of hydrogen-bond acceptors (Lipinski definition) is 3. The Labute approximate surface area is 109 Å². The predicted octanol–water partition coefficient (Wildman–Crippen LogP) is 2.43. The SMILES string of the molecule is Cc1cnn(-c2nc(C(=O)O)cc3ccccc23)c1. The van der Waals surface area contributed by atoms with Crippen LogP contribution in [0.5, 0.6) is 0 Å². The Balaban J connectivity index is 2.35. The largest absolute Gasteiger partial charge is 0.477 e. The molecule has 1 N–H and O–H groups in total. The highest BCUT2D eigenvalue weighted by atomic mass is 16.4. The van der Waals surface area contributed by atoms with E-state index < -0.39 is 5.97 Å². The first-order valence-corrected chi connectivity index (χ1v) is 5.80. The molecule has 1 aromatic carbocycles. The highest BCUT2D eigenvalue weighted by Crippen LogP contribution is 2.21. The number of nitrogens with zero attached hydrogens (tertiary/aromatic N) is 3. The van der Waals surface area contributed by atoms with Crippen LogP contribution in [0, 0.1) is 6.92 Å². The number of pyridine rings is 1. The van der Waals surface area contributed by atoms with Crippen molar-refractivity contribution in [3.63, 3.8) is 0 Å². The number of hydrogen-bond donors (Lipinski definition) is 1. The van der Waals surface area contributed by atoms with E-state index in [-0.39, 0.29) is 5.69 Å². The van der Waals surface area contributed by atoms with Crippen LogP contribution in [0.4, 0.5) is 0 Å². The van der Waals surface area contributed by atoms with Crippen molar-refractivity contribution in [2.75, 3.05) is 0 Å². The van der Waals surface area contributed by atoms with Gasteiger partial charge in [-0.1, -0.05) is 24.3 Å². The summed E-state index contributed by atoms with van der Waals surface area (Å²) < 4.78 is 1.60. The Morgan fingerprint density at radius 2 is 2.11 bits per heavy atom. The first kappa shape index (κ1) is 11.4. The molecule has 0 fully saturated rings. The van der Waals surface area contributed by atoms with Gasteiger partial charge in [0, 0.05) is 11.6 Å². The highest BCUT2D eigenvalue weighted by molar-refractivity contribution is 5.95. The van der Waals surface area contributed by atoms with Gasteiger partial charge in [0.1, 0.15) is 0 Å². The molecule has 0 aliphatic carbocycles. The molecule has 0 atom stereocenters. The molecule has 0 saturated carbocycles. The van der Waals surface area contributed by atoms with Crippen LogP contribution in [-0.4, -0.2) is 25.8 Å². The molecule has 0 amide bonds. The zero-order chi connectivity index (χ0) is 13.4. The molecule has 0 aliphatic heterocycles. The number of benzene rings is 1. The molecule has 0 saturated heterocycles. The van der Waals surface area contributed by atoms with E-state index in [0.29, 0.717) is 5.82 Å². The van der Waals surface area contributed by atoms with Crippen molar-refractivity contribution in [3.8, 4) is 5.82 Å². The van der Waals surface area contributed by atoms with Crippen molar-refractivity contribution in [3.05, 3.63) is 54.0 Å². The lowest BCUT2D eigenvalue weighted by Crippen LogP contribution is -2.06. The van der Waals surface area contributed by atoms with Crippen LogP contribution in [0.3, 0.4) is 0 Å². The van der Waals surface area contributed by atoms with E-state index in [1.54, 1.807) is 16.9 Å². The lowest BCUT2D eigenvalue weighted by Gasteiger charge is -2.07. The van der Waals surface area contributed by atoms with Crippen LogP contribution in [0.25, 0.3) is 16.6 Å². The van der Waals surface area contributed by atoms with Gasteiger partial charge in [0.25, 0.3) is 0 Å². The van der Waals surface area contributed by atoms with Gasteiger partial charge in [-0.3, -0.25) is 0 Å². The van der Waals surface area contributed by atoms with Gasteiger partial charge in [0.15, 0.2) is 11.5 Å². The molecular weight excluding hydrogens is 242 g/mol. The van der Waals surface area contributed by atoms with Crippen molar-refractivity contribution in [1.82, 2.24) is 14.8 Å². The van der Waals surface area contributed by atoms with Gasteiger partial charge in [-0.25, -0.2) is 14.5 Å². The maximum atomic E-state index is 11.1. The van der Waals surface area contributed by atoms with Crippen molar-refractivity contribution in [2.24, 2.45) is 0 Å². The highest BCUT2D eigenvalue weighted by Gasteiger charge is 2.12. The second kappa shape index (κ2) is 4.20. The van der Waals surface area contributed by atoms with Gasteiger partial charge in [-0.15, -0.1) is 0 Å². The minimum atomic E-state index is -1.05. The van der Waals surface area contributed by atoms with E-state index in [9.17, 15) is 4.79 Å². The number of carbonyl (C=O) groups is 1. The van der Waals surface area contributed by atoms with Crippen LogP contribution in [0.2, 0.25) is 0 Å². The average molecular weight is 253 g/mol. The van der Waals surface area contributed by atoms with Crippen LogP contribution >= 0.6 is 0 Å². The average Bonchev–Trinajstić information content (AvgIpc) is 2.84. The fourth-order valence-corrected chi connectivity index (χ4v) is 1.99. The summed E-state index contributed by atoms with van der Waals surface area (Å²) in [6.07, 6.45) is 3.53. The molecule has 0 spiro atoms. The predicted molar refractivity (Wildman–Crippen MR) is 70.6 cm³/mol. The summed E-state index contributed by atoms with van der Waals surface area (Å²) >= 11 is 0. The summed E-state index contributed by atoms with van der Waals surface area (Å²) in [4.78, 5) is 15.3. The van der Waals surface area contributed by atoms with E-state index in [1.165, 1.54) is 0 Å². The third-order valence-corrected chi connectivity index (χ3v) is 2.87. The summed E-state index contributed by atoms with van der Waals surface area (Å²) in [7, 11) is 0. The Morgan fingerprint density at radius 3 is 2.79 bits per heavy atom. The molecular formula is C14H11N3O2. The maximum Gasteiger partial charge on any atom is 0.354 e. The van der Waals surface area contributed by atoms with E-state index in [0.717, 1.165) is 16.3 Å². The zero-order valence-electron chi connectivity index (χ0n) is 10.2. The number of rotatable bonds is 2. The fourth-order valence-electron chi connectivity index (χ4n) is 1.99. The van der Waals surface area contributed by atoms with Gasteiger partial charge in [0.2, 0.25) is 0 Å². The van der Waals surface area contributed by atoms with Crippen molar-refractivity contribution in [1.29, 1.82) is 0 Å². The molecule has 2 heterocycles. The molecule has 5 heteroatoms. The Kier molecular flexibility index (Phi) is 2.52. The van der Waals surface area contributed by atoms with Gasteiger partial charge >= 0.3 is 5.97 Å². The summed E-state index contributed by atoms with van der Waals surface area (Å²) in [5, 5.41) is 15.0. The number of aromatic carboxylic acids is 1. The number of carboxylic acids is 1. The number of aromatic nitrogens is 3. The molecule has 3 rings (SSSR count). The molecule has 19 heavy (non-hydrogen) atoms. The molecule has 0 unspecified atom stereocenters. The van der Waals surface area contributed by atoms with E-state index >= 15 is 0 Å². The van der Waals surface area contributed by atoms with Gasteiger partial charge in [-0.05, 0) is 23.9 Å². The quantitative estimate of drug-likeness (QED) is 0.761.